The molecule has 2 rings (SSSR count). The van der Waals surface area contributed by atoms with Crippen molar-refractivity contribution >= 4 is 5.91 Å². The molecule has 3 nitrogen and oxygen atoms in total. The molecule has 0 aromatic carbocycles. The minimum atomic E-state index is 0.101. The summed E-state index contributed by atoms with van der Waals surface area (Å²) in [6.07, 6.45) is 2.06. The predicted octanol–water partition coefficient (Wildman–Crippen LogP) is -0.600. The second-order valence-electron chi connectivity index (χ2n) is 2.57. The minimum absolute atomic E-state index is 0.101. The van der Waals surface area contributed by atoms with Crippen LogP contribution in [0.5, 0.6) is 0 Å². The molecule has 2 heterocycles. The van der Waals surface area contributed by atoms with E-state index in [1.165, 1.54) is 0 Å². The van der Waals surface area contributed by atoms with Gasteiger partial charge in [0, 0.05) is 12.6 Å². The van der Waals surface area contributed by atoms with Crippen LogP contribution in [0.3, 0.4) is 0 Å². The molecule has 0 saturated carbocycles. The van der Waals surface area contributed by atoms with Crippen LogP contribution in [0.4, 0.5) is 0 Å². The van der Waals surface area contributed by atoms with Crippen molar-refractivity contribution in [3.05, 3.63) is 6.04 Å². The Morgan fingerprint density at radius 3 is 3.22 bits per heavy atom. The van der Waals surface area contributed by atoms with Crippen LogP contribution in [0, 0.1) is 6.04 Å². The first kappa shape index (κ1) is 5.23. The van der Waals surface area contributed by atoms with Crippen LogP contribution in [0.15, 0.2) is 0 Å². The number of carbonyl (C=O) groups is 1. The summed E-state index contributed by atoms with van der Waals surface area (Å²) in [6, 6.07) is 1.41. The molecule has 0 aliphatic carbocycles. The maximum absolute atomic E-state index is 10.8. The van der Waals surface area contributed by atoms with Gasteiger partial charge in [-0.25, -0.2) is 0 Å². The van der Waals surface area contributed by atoms with Gasteiger partial charge in [0.15, 0.2) is 0 Å². The van der Waals surface area contributed by atoms with Crippen LogP contribution in [0.1, 0.15) is 12.8 Å². The summed E-state index contributed by atoms with van der Waals surface area (Å²) < 4.78 is 0. The lowest BCUT2D eigenvalue weighted by atomic mass is 10.2. The third-order valence-corrected chi connectivity index (χ3v) is 1.90. The van der Waals surface area contributed by atoms with E-state index in [0.717, 1.165) is 25.4 Å². The maximum atomic E-state index is 10.8. The SMILES string of the molecule is O=C1NCC2CC[C]1N2. The van der Waals surface area contributed by atoms with Crippen molar-refractivity contribution in [1.82, 2.24) is 10.6 Å². The Bertz CT molecular complexity index is 146. The Kier molecular flexibility index (Phi) is 0.990. The molecule has 2 aliphatic heterocycles. The van der Waals surface area contributed by atoms with Gasteiger partial charge >= 0.3 is 0 Å². The van der Waals surface area contributed by atoms with Crippen LogP contribution >= 0.6 is 0 Å². The van der Waals surface area contributed by atoms with Crippen molar-refractivity contribution in [3.63, 3.8) is 0 Å². The van der Waals surface area contributed by atoms with Gasteiger partial charge in [-0.05, 0) is 12.8 Å². The molecule has 2 N–H and O–H groups in total. The molecule has 2 fully saturated rings. The Balaban J connectivity index is 2.14. The lowest BCUT2D eigenvalue weighted by Gasteiger charge is -2.19. The molecule has 2 bridgehead atoms. The molecule has 2 saturated heterocycles. The fourth-order valence-electron chi connectivity index (χ4n) is 1.36. The number of hydrogen-bond acceptors (Lipinski definition) is 2. The van der Waals surface area contributed by atoms with Crippen molar-refractivity contribution in [2.24, 2.45) is 0 Å². The quantitative estimate of drug-likeness (QED) is 0.454. The Labute approximate surface area is 53.8 Å². The number of hydrogen-bond donors (Lipinski definition) is 2. The molecular formula is C6H9N2O. The average Bonchev–Trinajstić information content (AvgIpc) is 2.25. The van der Waals surface area contributed by atoms with Gasteiger partial charge in [0.1, 0.15) is 6.04 Å². The van der Waals surface area contributed by atoms with Crippen LogP contribution in [-0.4, -0.2) is 18.5 Å². The number of fused-ring (bicyclic) bond motifs is 2. The van der Waals surface area contributed by atoms with E-state index in [1.54, 1.807) is 0 Å². The lowest BCUT2D eigenvalue weighted by Crippen LogP contribution is -2.48. The highest BCUT2D eigenvalue weighted by atomic mass is 16.2. The van der Waals surface area contributed by atoms with Gasteiger partial charge in [-0.15, -0.1) is 0 Å². The highest BCUT2D eigenvalue weighted by Gasteiger charge is 2.34. The average molecular weight is 125 g/mol. The Morgan fingerprint density at radius 1 is 1.56 bits per heavy atom. The molecule has 2 aliphatic rings. The molecule has 1 amide bonds. The van der Waals surface area contributed by atoms with Gasteiger partial charge in [0.05, 0.1) is 0 Å². The van der Waals surface area contributed by atoms with Gasteiger partial charge < -0.3 is 5.32 Å². The second kappa shape index (κ2) is 1.70. The van der Waals surface area contributed by atoms with Gasteiger partial charge in [0.2, 0.25) is 5.91 Å². The number of rotatable bonds is 0. The van der Waals surface area contributed by atoms with Crippen molar-refractivity contribution in [2.75, 3.05) is 6.54 Å². The highest BCUT2D eigenvalue weighted by molar-refractivity contribution is 5.90. The monoisotopic (exact) mass is 125 g/mol. The van der Waals surface area contributed by atoms with Gasteiger partial charge in [0.25, 0.3) is 0 Å². The normalized spacial score (nSPS) is 34.7. The van der Waals surface area contributed by atoms with Crippen LogP contribution < -0.4 is 10.6 Å². The van der Waals surface area contributed by atoms with Crippen molar-refractivity contribution < 1.29 is 4.79 Å². The highest BCUT2D eigenvalue weighted by Crippen LogP contribution is 2.20. The van der Waals surface area contributed by atoms with Crippen LogP contribution in [-0.2, 0) is 4.79 Å². The van der Waals surface area contributed by atoms with E-state index < -0.39 is 0 Å². The molecule has 0 aromatic rings. The van der Waals surface area contributed by atoms with E-state index in [1.807, 2.05) is 0 Å². The smallest absolute Gasteiger partial charge is 0.242 e. The van der Waals surface area contributed by atoms with Crippen LogP contribution in [0.25, 0.3) is 0 Å². The molecule has 1 unspecified atom stereocenters. The summed E-state index contributed by atoms with van der Waals surface area (Å²) >= 11 is 0. The lowest BCUT2D eigenvalue weighted by molar-refractivity contribution is -0.120. The van der Waals surface area contributed by atoms with Crippen molar-refractivity contribution in [2.45, 2.75) is 18.9 Å². The third kappa shape index (κ3) is 0.721. The zero-order valence-electron chi connectivity index (χ0n) is 5.11. The Morgan fingerprint density at radius 2 is 2.44 bits per heavy atom. The molecule has 1 atom stereocenters. The molecule has 49 valence electrons. The molecule has 0 aromatic heterocycles. The molecule has 3 heteroatoms. The summed E-state index contributed by atoms with van der Waals surface area (Å²) in [5, 5.41) is 5.95. The zero-order valence-corrected chi connectivity index (χ0v) is 5.11. The van der Waals surface area contributed by atoms with E-state index in [2.05, 4.69) is 10.6 Å². The van der Waals surface area contributed by atoms with Crippen LogP contribution in [0.2, 0.25) is 0 Å². The summed E-state index contributed by atoms with van der Waals surface area (Å²) in [5.41, 5.74) is 0. The van der Waals surface area contributed by atoms with E-state index in [4.69, 9.17) is 0 Å². The van der Waals surface area contributed by atoms with E-state index >= 15 is 0 Å². The molecule has 0 spiro atoms. The molecule has 1 radical (unpaired) electrons. The van der Waals surface area contributed by atoms with Crippen molar-refractivity contribution in [3.8, 4) is 0 Å². The fourth-order valence-corrected chi connectivity index (χ4v) is 1.36. The van der Waals surface area contributed by atoms with Gasteiger partial charge in [-0.2, -0.15) is 0 Å². The summed E-state index contributed by atoms with van der Waals surface area (Å²) in [6.45, 7) is 0.808. The summed E-state index contributed by atoms with van der Waals surface area (Å²) in [7, 11) is 0. The third-order valence-electron chi connectivity index (χ3n) is 1.90. The standard InChI is InChI=1S/C6H9N2O/c9-6-5-2-1-4(8-5)3-7-6/h4,8H,1-3H2,(H,7,9). The Hall–Kier alpha value is -0.570. The van der Waals surface area contributed by atoms with E-state index in [-0.39, 0.29) is 5.91 Å². The second-order valence-corrected chi connectivity index (χ2v) is 2.57. The number of nitrogens with one attached hydrogen (secondary N) is 2. The zero-order chi connectivity index (χ0) is 6.27. The molecule has 9 heavy (non-hydrogen) atoms. The van der Waals surface area contributed by atoms with Gasteiger partial charge in [-0.3, -0.25) is 10.1 Å². The van der Waals surface area contributed by atoms with E-state index in [0.29, 0.717) is 6.04 Å². The first-order chi connectivity index (χ1) is 4.36. The first-order valence-electron chi connectivity index (χ1n) is 3.27. The number of carbonyl (C=O) groups excluding carboxylic acids is 1. The first-order valence-corrected chi connectivity index (χ1v) is 3.27. The predicted molar refractivity (Wildman–Crippen MR) is 32.4 cm³/mol. The van der Waals surface area contributed by atoms with Crippen molar-refractivity contribution in [1.29, 1.82) is 0 Å². The van der Waals surface area contributed by atoms with E-state index in [9.17, 15) is 4.79 Å². The summed E-state index contributed by atoms with van der Waals surface area (Å²) in [4.78, 5) is 10.8. The van der Waals surface area contributed by atoms with Gasteiger partial charge in [-0.1, -0.05) is 0 Å². The number of piperazine rings is 1. The summed E-state index contributed by atoms with van der Waals surface area (Å²) in [5.74, 6) is 0.101. The maximum Gasteiger partial charge on any atom is 0.242 e. The molecular weight excluding hydrogens is 116 g/mol. The number of amides is 1. The minimum Gasteiger partial charge on any atom is -0.353 e. The fraction of sp³-hybridized carbons (Fsp3) is 0.667. The largest absolute Gasteiger partial charge is 0.353 e. The topological polar surface area (TPSA) is 41.1 Å².